The Morgan fingerprint density at radius 1 is 1.02 bits per heavy atom. The number of aliphatic hydroxyl groups is 3. The Kier molecular flexibility index (Phi) is 17.2. The highest BCUT2D eigenvalue weighted by Crippen LogP contribution is 2.39. The number of Topliss-reactive ketones (excluding diaryl/α,β-unsaturated/α-hetero) is 2. The monoisotopic (exact) mass is 809 g/mol. The molecule has 56 heavy (non-hydrogen) atoms. The summed E-state index contributed by atoms with van der Waals surface area (Å²) in [7, 11) is 3.06. The van der Waals surface area contributed by atoms with Gasteiger partial charge in [-0.2, -0.15) is 0 Å². The van der Waals surface area contributed by atoms with Gasteiger partial charge in [-0.1, -0.05) is 45.4 Å². The highest BCUT2D eigenvalue weighted by atomic mass is 35.5. The van der Waals surface area contributed by atoms with Crippen LogP contribution in [-0.4, -0.2) is 119 Å². The third kappa shape index (κ3) is 10.9. The van der Waals surface area contributed by atoms with E-state index in [1.54, 1.807) is 13.8 Å². The molecule has 2 bridgehead atoms. The van der Waals surface area contributed by atoms with Crippen molar-refractivity contribution in [1.29, 1.82) is 0 Å². The quantitative estimate of drug-likeness (QED) is 0.138. The predicted octanol–water partition coefficient (Wildman–Crippen LogP) is 5.31. The summed E-state index contributed by atoms with van der Waals surface area (Å²) in [5, 5.41) is 33.5. The number of amides is 1. The van der Waals surface area contributed by atoms with E-state index in [0.29, 0.717) is 50.5 Å². The van der Waals surface area contributed by atoms with Crippen LogP contribution in [-0.2, 0) is 38.1 Å². The summed E-state index contributed by atoms with van der Waals surface area (Å²) in [5.41, 5.74) is 1.67. The minimum Gasteiger partial charge on any atom is -0.456 e. The maximum absolute atomic E-state index is 14.3. The normalized spacial score (nSPS) is 41.6. The Morgan fingerprint density at radius 2 is 1.70 bits per heavy atom. The van der Waals surface area contributed by atoms with Gasteiger partial charge in [-0.3, -0.25) is 14.4 Å². The van der Waals surface area contributed by atoms with Gasteiger partial charge in [-0.05, 0) is 101 Å². The second kappa shape index (κ2) is 20.7. The van der Waals surface area contributed by atoms with Gasteiger partial charge >= 0.3 is 5.97 Å². The van der Waals surface area contributed by atoms with Crippen LogP contribution in [0.2, 0.25) is 0 Å². The third-order valence-electron chi connectivity index (χ3n) is 13.0. The number of esters is 1. The fourth-order valence-electron chi connectivity index (χ4n) is 9.45. The van der Waals surface area contributed by atoms with Crippen LogP contribution in [0.25, 0.3) is 0 Å². The molecule has 14 atom stereocenters. The number of aliphatic hydroxyl groups excluding tert-OH is 2. The average molecular weight is 810 g/mol. The largest absolute Gasteiger partial charge is 0.456 e. The van der Waals surface area contributed by atoms with Crippen molar-refractivity contribution in [3.63, 3.8) is 0 Å². The standard InChI is InChI=1S/C43H68ClNO11/c1-9-30-17-24(2)16-25(3)18-36(53-7)39-37(54-8)20-27(5)43(52,56-39)40(49)41(50)45-15-11-10-12-33(45)42(51)55-38(28(6)34(47)22-35(30)48)26(4)19-29-13-14-32(44)31(21-29)23-46/h17,19,25,27-34,36-39,46-47,52H,9-16,18,20-23H2,1-8H3/b24-17+,26-19+/t25-,27+,28+,29-,30+,31-,32-,33-,34-,36-,37-,38+,39?,43+/m0/s1. The number of carbonyl (C=O) groups excluding carboxylic acids is 4. The van der Waals surface area contributed by atoms with E-state index in [2.05, 4.69) is 6.92 Å². The van der Waals surface area contributed by atoms with E-state index in [1.807, 2.05) is 32.9 Å². The van der Waals surface area contributed by atoms with Crippen LogP contribution in [0.4, 0.5) is 0 Å². The number of hydrogen-bond donors (Lipinski definition) is 3. The van der Waals surface area contributed by atoms with Gasteiger partial charge in [0.05, 0.1) is 18.3 Å². The fourth-order valence-corrected chi connectivity index (χ4v) is 9.75. The Balaban J connectivity index is 1.76. The molecule has 0 aromatic heterocycles. The molecule has 318 valence electrons. The van der Waals surface area contributed by atoms with E-state index in [0.717, 1.165) is 12.0 Å². The number of ether oxygens (including phenoxy) is 4. The van der Waals surface area contributed by atoms with Crippen LogP contribution in [0.1, 0.15) is 112 Å². The molecule has 1 unspecified atom stereocenters. The molecule has 0 spiro atoms. The van der Waals surface area contributed by atoms with E-state index >= 15 is 0 Å². The molecule has 1 saturated carbocycles. The number of nitrogens with zero attached hydrogens (tertiary/aromatic N) is 1. The fraction of sp³-hybridized carbons (Fsp3) is 0.814. The first kappa shape index (κ1) is 46.5. The van der Waals surface area contributed by atoms with Gasteiger partial charge in [0.15, 0.2) is 0 Å². The predicted molar refractivity (Wildman–Crippen MR) is 211 cm³/mol. The molecule has 3 aliphatic heterocycles. The Bertz CT molecular complexity index is 1440. The van der Waals surface area contributed by atoms with Crippen molar-refractivity contribution in [1.82, 2.24) is 4.90 Å². The van der Waals surface area contributed by atoms with Crippen molar-refractivity contribution in [2.24, 2.45) is 35.5 Å². The third-order valence-corrected chi connectivity index (χ3v) is 13.5. The summed E-state index contributed by atoms with van der Waals surface area (Å²) in [5.74, 6) is -7.52. The molecule has 13 heteroatoms. The van der Waals surface area contributed by atoms with Gasteiger partial charge in [-0.25, -0.2) is 4.79 Å². The van der Waals surface area contributed by atoms with Crippen molar-refractivity contribution in [3.05, 3.63) is 23.3 Å². The van der Waals surface area contributed by atoms with Crippen LogP contribution >= 0.6 is 11.6 Å². The van der Waals surface area contributed by atoms with Crippen molar-refractivity contribution in [3.8, 4) is 0 Å². The SMILES string of the molecule is CC[C@@H]1/C=C(\C)C[C@H](C)C[C@H](OC)C2O[C@@](O)(C(=O)C(=O)N3CCCC[C@H]3C(=O)O[C@H](/C(C)=C/[C@@H]3CC[C@H](Cl)[C@H](CO)C3)[C@H](C)[C@@H](O)CC1=O)[C@H](C)C[C@@H]2OC. The minimum atomic E-state index is -2.50. The first-order chi connectivity index (χ1) is 26.5. The summed E-state index contributed by atoms with van der Waals surface area (Å²) < 4.78 is 24.2. The second-order valence-electron chi connectivity index (χ2n) is 17.3. The molecule has 3 N–H and O–H groups in total. The zero-order valence-electron chi connectivity index (χ0n) is 34.8. The van der Waals surface area contributed by atoms with Gasteiger partial charge < -0.3 is 39.2 Å². The van der Waals surface area contributed by atoms with Crippen LogP contribution in [0, 0.1) is 35.5 Å². The molecule has 0 aromatic carbocycles. The number of hydrogen-bond acceptors (Lipinski definition) is 11. The topological polar surface area (TPSA) is 169 Å². The Morgan fingerprint density at radius 3 is 2.34 bits per heavy atom. The highest BCUT2D eigenvalue weighted by molar-refractivity contribution is 6.39. The lowest BCUT2D eigenvalue weighted by Gasteiger charge is -2.47. The number of carbonyl (C=O) groups is 4. The van der Waals surface area contributed by atoms with Gasteiger partial charge in [0, 0.05) is 56.9 Å². The lowest BCUT2D eigenvalue weighted by Crippen LogP contribution is -2.64. The van der Waals surface area contributed by atoms with E-state index in [9.17, 15) is 34.5 Å². The van der Waals surface area contributed by atoms with Crippen LogP contribution in [0.3, 0.4) is 0 Å². The Labute approximate surface area is 338 Å². The number of allylic oxidation sites excluding steroid dienone is 3. The number of fused-ring (bicyclic) bond motifs is 3. The summed E-state index contributed by atoms with van der Waals surface area (Å²) in [6.07, 6.45) is 5.05. The van der Waals surface area contributed by atoms with Crippen molar-refractivity contribution in [2.75, 3.05) is 27.4 Å². The molecular formula is C43H68ClNO11. The number of rotatable bonds is 6. The number of piperidine rings is 1. The van der Waals surface area contributed by atoms with E-state index in [4.69, 9.17) is 30.5 Å². The zero-order valence-corrected chi connectivity index (χ0v) is 35.5. The Hall–Kier alpha value is -2.19. The number of cyclic esters (lactones) is 1. The average Bonchev–Trinajstić information content (AvgIpc) is 3.18. The second-order valence-corrected chi connectivity index (χ2v) is 17.8. The summed E-state index contributed by atoms with van der Waals surface area (Å²) in [4.78, 5) is 57.7. The number of alkyl halides is 1. The van der Waals surface area contributed by atoms with Gasteiger partial charge in [-0.15, -0.1) is 11.6 Å². The van der Waals surface area contributed by atoms with Crippen molar-refractivity contribution in [2.45, 2.75) is 160 Å². The van der Waals surface area contributed by atoms with E-state index < -0.39 is 77.8 Å². The first-order valence-corrected chi connectivity index (χ1v) is 21.3. The molecule has 3 fully saturated rings. The lowest BCUT2D eigenvalue weighted by atomic mass is 9.79. The van der Waals surface area contributed by atoms with E-state index in [-0.39, 0.29) is 61.3 Å². The molecule has 4 aliphatic rings. The number of methoxy groups -OCH3 is 2. The highest BCUT2D eigenvalue weighted by Gasteiger charge is 2.56. The maximum Gasteiger partial charge on any atom is 0.329 e. The number of halogens is 1. The molecule has 0 radical (unpaired) electrons. The van der Waals surface area contributed by atoms with Crippen LogP contribution < -0.4 is 0 Å². The van der Waals surface area contributed by atoms with Gasteiger partial charge in [0.25, 0.3) is 11.7 Å². The van der Waals surface area contributed by atoms with Crippen LogP contribution in [0.5, 0.6) is 0 Å². The van der Waals surface area contributed by atoms with Gasteiger partial charge in [0.2, 0.25) is 5.79 Å². The van der Waals surface area contributed by atoms with E-state index in [1.165, 1.54) is 19.1 Å². The molecule has 1 amide bonds. The first-order valence-electron chi connectivity index (χ1n) is 20.8. The van der Waals surface area contributed by atoms with Crippen molar-refractivity contribution < 1.29 is 53.4 Å². The molecule has 12 nitrogen and oxygen atoms in total. The zero-order chi connectivity index (χ0) is 41.5. The minimum absolute atomic E-state index is 0.0364. The smallest absolute Gasteiger partial charge is 0.329 e. The number of ketones is 2. The summed E-state index contributed by atoms with van der Waals surface area (Å²) in [6, 6.07) is -1.13. The summed E-state index contributed by atoms with van der Waals surface area (Å²) >= 11 is 6.49. The van der Waals surface area contributed by atoms with Gasteiger partial charge in [0.1, 0.15) is 24.0 Å². The summed E-state index contributed by atoms with van der Waals surface area (Å²) in [6.45, 7) is 11.2. The molecule has 3 heterocycles. The molecule has 2 saturated heterocycles. The maximum atomic E-state index is 14.3. The van der Waals surface area contributed by atoms with Crippen molar-refractivity contribution >= 4 is 35.0 Å². The molecule has 0 aromatic rings. The molecule has 4 rings (SSSR count). The van der Waals surface area contributed by atoms with Crippen LogP contribution in [0.15, 0.2) is 23.3 Å². The molecule has 1 aliphatic carbocycles. The molecular weight excluding hydrogens is 742 g/mol. The lowest BCUT2D eigenvalue weighted by molar-refractivity contribution is -0.302.